The van der Waals surface area contributed by atoms with Crippen LogP contribution in [0, 0.1) is 0 Å². The Balaban J connectivity index is 1.67. The summed E-state index contributed by atoms with van der Waals surface area (Å²) in [7, 11) is -2.02. The number of hydrogen-bond acceptors (Lipinski definition) is 4. The number of amides is 1. The largest absolute Gasteiger partial charge is 0.322 e. The molecule has 0 spiro atoms. The average molecular weight is 427 g/mol. The van der Waals surface area contributed by atoms with Crippen molar-refractivity contribution in [3.8, 4) is 0 Å². The van der Waals surface area contributed by atoms with E-state index in [0.717, 1.165) is 16.1 Å². The van der Waals surface area contributed by atoms with Crippen molar-refractivity contribution in [3.05, 3.63) is 90.0 Å². The third-order valence-corrected chi connectivity index (χ3v) is 6.94. The van der Waals surface area contributed by atoms with E-state index in [0.29, 0.717) is 5.56 Å². The van der Waals surface area contributed by atoms with E-state index < -0.39 is 10.0 Å². The van der Waals surface area contributed by atoms with E-state index in [4.69, 9.17) is 0 Å². The van der Waals surface area contributed by atoms with Gasteiger partial charge in [0.15, 0.2) is 0 Å². The summed E-state index contributed by atoms with van der Waals surface area (Å²) in [6.45, 7) is 0.217. The van der Waals surface area contributed by atoms with Gasteiger partial charge in [0.05, 0.1) is 4.90 Å². The summed E-state index contributed by atoms with van der Waals surface area (Å²) in [5.74, 6) is -0.208. The fraction of sp³-hybridized carbons (Fsp3) is 0.136. The minimum Gasteiger partial charge on any atom is -0.322 e. The van der Waals surface area contributed by atoms with Gasteiger partial charge in [-0.2, -0.15) is 4.31 Å². The quantitative estimate of drug-likeness (QED) is 0.566. The van der Waals surface area contributed by atoms with Crippen LogP contribution in [0.2, 0.25) is 0 Å². The third-order valence-electron chi connectivity index (χ3n) is 4.40. The molecule has 29 heavy (non-hydrogen) atoms. The molecule has 1 N–H and O–H groups in total. The first kappa shape index (κ1) is 21.1. The Bertz CT molecular complexity index is 1080. The van der Waals surface area contributed by atoms with Crippen LogP contribution in [0.25, 0.3) is 0 Å². The Labute approximate surface area is 175 Å². The molecule has 0 bridgehead atoms. The fourth-order valence-electron chi connectivity index (χ4n) is 2.78. The van der Waals surface area contributed by atoms with Gasteiger partial charge in [0.25, 0.3) is 5.91 Å². The lowest BCUT2D eigenvalue weighted by Crippen LogP contribution is -2.26. The zero-order valence-corrected chi connectivity index (χ0v) is 17.8. The molecule has 7 heteroatoms. The van der Waals surface area contributed by atoms with Gasteiger partial charge < -0.3 is 5.32 Å². The van der Waals surface area contributed by atoms with Gasteiger partial charge in [0.2, 0.25) is 10.0 Å². The summed E-state index contributed by atoms with van der Waals surface area (Å²) in [6, 6.07) is 22.9. The number of benzene rings is 3. The smallest absolute Gasteiger partial charge is 0.255 e. The molecular formula is C22H22N2O3S2. The molecule has 0 aliphatic rings. The average Bonchev–Trinajstić information content (AvgIpc) is 2.75. The Morgan fingerprint density at radius 1 is 0.966 bits per heavy atom. The Morgan fingerprint density at radius 2 is 1.66 bits per heavy atom. The molecule has 0 heterocycles. The maximum atomic E-state index is 12.6. The highest BCUT2D eigenvalue weighted by Gasteiger charge is 2.20. The zero-order valence-electron chi connectivity index (χ0n) is 16.2. The van der Waals surface area contributed by atoms with Gasteiger partial charge in [-0.15, -0.1) is 11.8 Å². The van der Waals surface area contributed by atoms with Crippen molar-refractivity contribution in [1.82, 2.24) is 4.31 Å². The molecule has 5 nitrogen and oxygen atoms in total. The van der Waals surface area contributed by atoms with Gasteiger partial charge in [-0.05, 0) is 54.3 Å². The topological polar surface area (TPSA) is 66.5 Å². The van der Waals surface area contributed by atoms with Gasteiger partial charge in [-0.1, -0.05) is 36.4 Å². The van der Waals surface area contributed by atoms with Crippen LogP contribution in [0.1, 0.15) is 15.9 Å². The summed E-state index contributed by atoms with van der Waals surface area (Å²) in [5, 5.41) is 2.88. The second-order valence-electron chi connectivity index (χ2n) is 6.46. The summed E-state index contributed by atoms with van der Waals surface area (Å²) in [5.41, 5.74) is 2.05. The molecule has 0 unspecified atom stereocenters. The van der Waals surface area contributed by atoms with Crippen molar-refractivity contribution < 1.29 is 13.2 Å². The monoisotopic (exact) mass is 426 g/mol. The van der Waals surface area contributed by atoms with Crippen molar-refractivity contribution in [2.75, 3.05) is 18.6 Å². The minimum atomic E-state index is -3.56. The van der Waals surface area contributed by atoms with Crippen LogP contribution in [-0.2, 0) is 16.6 Å². The van der Waals surface area contributed by atoms with Crippen LogP contribution in [-0.4, -0.2) is 31.9 Å². The second-order valence-corrected chi connectivity index (χ2v) is 9.38. The van der Waals surface area contributed by atoms with Crippen molar-refractivity contribution in [3.63, 3.8) is 0 Å². The number of hydrogen-bond donors (Lipinski definition) is 1. The van der Waals surface area contributed by atoms with Gasteiger partial charge >= 0.3 is 0 Å². The summed E-state index contributed by atoms with van der Waals surface area (Å²) >= 11 is 1.61. The molecule has 0 saturated heterocycles. The highest BCUT2D eigenvalue weighted by Crippen LogP contribution is 2.20. The van der Waals surface area contributed by atoms with Gasteiger partial charge in [-0.3, -0.25) is 4.79 Å². The summed E-state index contributed by atoms with van der Waals surface area (Å²) in [6.07, 6.45) is 1.98. The standard InChI is InChI=1S/C22H22N2O3S2/c1-24(29(26,27)21-9-4-3-5-10-21)16-17-11-13-18(14-12-17)22(25)23-19-7-6-8-20(15-19)28-2/h3-15H,16H2,1-2H3,(H,23,25). The van der Waals surface area contributed by atoms with Crippen molar-refractivity contribution in [1.29, 1.82) is 0 Å². The molecule has 3 aromatic carbocycles. The highest BCUT2D eigenvalue weighted by atomic mass is 32.2. The fourth-order valence-corrected chi connectivity index (χ4v) is 4.42. The van der Waals surface area contributed by atoms with Crippen LogP contribution >= 0.6 is 11.8 Å². The van der Waals surface area contributed by atoms with E-state index in [2.05, 4.69) is 5.32 Å². The van der Waals surface area contributed by atoms with E-state index >= 15 is 0 Å². The maximum absolute atomic E-state index is 12.6. The number of nitrogens with one attached hydrogen (secondary N) is 1. The van der Waals surface area contributed by atoms with Crippen molar-refractivity contribution in [2.24, 2.45) is 0 Å². The molecule has 0 saturated carbocycles. The maximum Gasteiger partial charge on any atom is 0.255 e. The Hall–Kier alpha value is -2.61. The van der Waals surface area contributed by atoms with Crippen LogP contribution in [0.3, 0.4) is 0 Å². The molecule has 0 aliphatic heterocycles. The van der Waals surface area contributed by atoms with E-state index in [-0.39, 0.29) is 17.3 Å². The zero-order chi connectivity index (χ0) is 20.9. The first-order valence-electron chi connectivity index (χ1n) is 8.96. The predicted octanol–water partition coefficient (Wildman–Crippen LogP) is 4.48. The lowest BCUT2D eigenvalue weighted by atomic mass is 10.1. The van der Waals surface area contributed by atoms with E-state index in [1.807, 2.05) is 30.5 Å². The normalized spacial score (nSPS) is 11.4. The summed E-state index contributed by atoms with van der Waals surface area (Å²) in [4.78, 5) is 13.8. The molecule has 1 amide bonds. The van der Waals surface area contributed by atoms with E-state index in [9.17, 15) is 13.2 Å². The van der Waals surface area contributed by atoms with E-state index in [1.54, 1.807) is 73.4 Å². The Kier molecular flexibility index (Phi) is 6.74. The van der Waals surface area contributed by atoms with Crippen LogP contribution in [0.5, 0.6) is 0 Å². The number of carbonyl (C=O) groups excluding carboxylic acids is 1. The van der Waals surface area contributed by atoms with Crippen molar-refractivity contribution in [2.45, 2.75) is 16.3 Å². The van der Waals surface area contributed by atoms with E-state index in [1.165, 1.54) is 4.31 Å². The molecule has 3 rings (SSSR count). The Morgan fingerprint density at radius 3 is 2.31 bits per heavy atom. The first-order chi connectivity index (χ1) is 13.9. The minimum absolute atomic E-state index is 0.208. The molecule has 3 aromatic rings. The molecule has 0 aliphatic carbocycles. The molecular weight excluding hydrogens is 404 g/mol. The molecule has 0 atom stereocenters. The van der Waals surface area contributed by atoms with Crippen LogP contribution in [0.4, 0.5) is 5.69 Å². The molecule has 0 aromatic heterocycles. The molecule has 0 radical (unpaired) electrons. The first-order valence-corrected chi connectivity index (χ1v) is 11.6. The SMILES string of the molecule is CSc1cccc(NC(=O)c2ccc(CN(C)S(=O)(=O)c3ccccc3)cc2)c1. The predicted molar refractivity (Wildman–Crippen MR) is 118 cm³/mol. The van der Waals surface area contributed by atoms with Gasteiger partial charge in [0.1, 0.15) is 0 Å². The number of carbonyl (C=O) groups is 1. The van der Waals surface area contributed by atoms with Crippen LogP contribution < -0.4 is 5.32 Å². The van der Waals surface area contributed by atoms with Crippen LogP contribution in [0.15, 0.2) is 88.7 Å². The summed E-state index contributed by atoms with van der Waals surface area (Å²) < 4.78 is 26.6. The lowest BCUT2D eigenvalue weighted by Gasteiger charge is -2.17. The number of sulfonamides is 1. The number of anilines is 1. The second kappa shape index (κ2) is 9.26. The number of nitrogens with zero attached hydrogens (tertiary/aromatic N) is 1. The third kappa shape index (κ3) is 5.26. The number of thioether (sulfide) groups is 1. The molecule has 0 fully saturated rings. The van der Waals surface area contributed by atoms with Crippen molar-refractivity contribution >= 4 is 33.4 Å². The highest BCUT2D eigenvalue weighted by molar-refractivity contribution is 7.98. The lowest BCUT2D eigenvalue weighted by molar-refractivity contribution is 0.102. The van der Waals surface area contributed by atoms with Gasteiger partial charge in [-0.25, -0.2) is 8.42 Å². The van der Waals surface area contributed by atoms with Gasteiger partial charge in [0, 0.05) is 29.7 Å². The number of rotatable bonds is 7. The molecule has 150 valence electrons.